The number of fused-ring (bicyclic) bond motifs is 1. The standard InChI is InChI=1S/C30H27F3N4O4/c1-18(38)20-8-10-22(11-9-20)34-30(41)36-15-13-26(39)37-25(36)17-35(14-12-19-4-2-5-21(31)16-19)29(40)28(37)23-6-3-7-24(32)27(23)33/h2-11,16,25,28H,12-15,17H2,1H3,(H,34,41). The van der Waals surface area contributed by atoms with Gasteiger partial charge < -0.3 is 20.0 Å². The molecule has 3 aromatic rings. The van der Waals surface area contributed by atoms with Gasteiger partial charge in [0, 0.05) is 36.3 Å². The average molecular weight is 565 g/mol. The highest BCUT2D eigenvalue weighted by Crippen LogP contribution is 2.36. The Morgan fingerprint density at radius 1 is 0.976 bits per heavy atom. The highest BCUT2D eigenvalue weighted by molar-refractivity contribution is 5.96. The van der Waals surface area contributed by atoms with E-state index in [1.807, 2.05) is 0 Å². The first-order valence-electron chi connectivity index (χ1n) is 13.1. The minimum atomic E-state index is -1.50. The van der Waals surface area contributed by atoms with Crippen molar-refractivity contribution in [2.45, 2.75) is 32.0 Å². The number of nitrogens with one attached hydrogen (secondary N) is 1. The lowest BCUT2D eigenvalue weighted by Gasteiger charge is -2.52. The SMILES string of the molecule is CC(=O)c1ccc(NC(=O)N2CCC(=O)N3C(c4cccc(F)c4F)C(=O)N(CCc4cccc(F)c4)CC23)cc1. The fraction of sp³-hybridized carbons (Fsp3) is 0.267. The predicted molar refractivity (Wildman–Crippen MR) is 143 cm³/mol. The number of carbonyl (C=O) groups is 4. The van der Waals surface area contributed by atoms with Crippen molar-refractivity contribution < 1.29 is 32.3 Å². The fourth-order valence-corrected chi connectivity index (χ4v) is 5.29. The minimum Gasteiger partial charge on any atom is -0.336 e. The lowest BCUT2D eigenvalue weighted by Crippen LogP contribution is -2.69. The lowest BCUT2D eigenvalue weighted by molar-refractivity contribution is -0.167. The van der Waals surface area contributed by atoms with Gasteiger partial charge in [0.2, 0.25) is 11.8 Å². The first kappa shape index (κ1) is 27.9. The molecule has 2 aliphatic heterocycles. The maximum absolute atomic E-state index is 15.1. The average Bonchev–Trinajstić information content (AvgIpc) is 2.94. The molecule has 0 aliphatic carbocycles. The molecule has 212 valence electrons. The van der Waals surface area contributed by atoms with Gasteiger partial charge in [-0.3, -0.25) is 14.4 Å². The number of benzene rings is 3. The Balaban J connectivity index is 1.47. The minimum absolute atomic E-state index is 0.0294. The zero-order valence-corrected chi connectivity index (χ0v) is 22.1. The highest BCUT2D eigenvalue weighted by atomic mass is 19.2. The number of hydrogen-bond acceptors (Lipinski definition) is 4. The van der Waals surface area contributed by atoms with E-state index in [2.05, 4.69) is 5.32 Å². The molecule has 2 unspecified atom stereocenters. The summed E-state index contributed by atoms with van der Waals surface area (Å²) in [6.07, 6.45) is -0.848. The molecule has 5 rings (SSSR count). The van der Waals surface area contributed by atoms with E-state index >= 15 is 4.39 Å². The summed E-state index contributed by atoms with van der Waals surface area (Å²) in [7, 11) is 0. The maximum atomic E-state index is 15.1. The number of anilines is 1. The first-order valence-corrected chi connectivity index (χ1v) is 13.1. The van der Waals surface area contributed by atoms with Crippen LogP contribution in [0.15, 0.2) is 66.7 Å². The summed E-state index contributed by atoms with van der Waals surface area (Å²) in [6.45, 7) is 1.47. The van der Waals surface area contributed by atoms with Crippen LogP contribution in [0.3, 0.4) is 0 Å². The summed E-state index contributed by atoms with van der Waals surface area (Å²) >= 11 is 0. The number of rotatable bonds is 6. The molecule has 3 aromatic carbocycles. The Hall–Kier alpha value is -4.67. The van der Waals surface area contributed by atoms with Gasteiger partial charge in [0.15, 0.2) is 17.4 Å². The van der Waals surface area contributed by atoms with E-state index in [0.29, 0.717) is 16.8 Å². The van der Waals surface area contributed by atoms with Gasteiger partial charge in [-0.1, -0.05) is 24.3 Å². The molecule has 2 saturated heterocycles. The molecule has 0 aromatic heterocycles. The number of ketones is 1. The first-order chi connectivity index (χ1) is 19.6. The van der Waals surface area contributed by atoms with Crippen LogP contribution in [0, 0.1) is 17.5 Å². The molecule has 11 heteroatoms. The number of Topliss-reactive ketones (excluding diaryl/α,β-unsaturated/α-hetero) is 1. The number of piperazine rings is 1. The lowest BCUT2D eigenvalue weighted by atomic mass is 9.96. The highest BCUT2D eigenvalue weighted by Gasteiger charge is 2.50. The second-order valence-electron chi connectivity index (χ2n) is 10.00. The summed E-state index contributed by atoms with van der Waals surface area (Å²) in [4.78, 5) is 55.9. The topological polar surface area (TPSA) is 90.0 Å². The molecule has 2 aliphatic rings. The van der Waals surface area contributed by atoms with Gasteiger partial charge in [-0.2, -0.15) is 0 Å². The van der Waals surface area contributed by atoms with Crippen molar-refractivity contribution in [1.29, 1.82) is 0 Å². The van der Waals surface area contributed by atoms with Crippen LogP contribution in [0.5, 0.6) is 0 Å². The van der Waals surface area contributed by atoms with E-state index in [-0.39, 0.29) is 43.8 Å². The molecular formula is C30H27F3N4O4. The van der Waals surface area contributed by atoms with Gasteiger partial charge in [-0.15, -0.1) is 0 Å². The van der Waals surface area contributed by atoms with E-state index in [1.54, 1.807) is 36.4 Å². The van der Waals surface area contributed by atoms with E-state index in [4.69, 9.17) is 0 Å². The van der Waals surface area contributed by atoms with Crippen LogP contribution in [-0.2, 0) is 16.0 Å². The van der Waals surface area contributed by atoms with Crippen molar-refractivity contribution in [3.05, 3.63) is 101 Å². The zero-order chi connectivity index (χ0) is 29.3. The Kier molecular flexibility index (Phi) is 7.78. The summed E-state index contributed by atoms with van der Waals surface area (Å²) < 4.78 is 43.1. The van der Waals surface area contributed by atoms with Crippen molar-refractivity contribution in [1.82, 2.24) is 14.7 Å². The molecule has 4 amide bonds. The zero-order valence-electron chi connectivity index (χ0n) is 22.1. The molecule has 2 fully saturated rings. The maximum Gasteiger partial charge on any atom is 0.323 e. The normalized spacial score (nSPS) is 18.8. The Bertz CT molecular complexity index is 1510. The molecule has 41 heavy (non-hydrogen) atoms. The van der Waals surface area contributed by atoms with E-state index in [1.165, 1.54) is 41.0 Å². The number of nitrogens with zero attached hydrogens (tertiary/aromatic N) is 3. The second-order valence-corrected chi connectivity index (χ2v) is 10.00. The summed E-state index contributed by atoms with van der Waals surface area (Å²) in [5.74, 6) is -4.09. The van der Waals surface area contributed by atoms with Crippen LogP contribution in [-0.4, -0.2) is 64.1 Å². The number of hydrogen-bond donors (Lipinski definition) is 1. The van der Waals surface area contributed by atoms with Gasteiger partial charge in [-0.25, -0.2) is 18.0 Å². The summed E-state index contributed by atoms with van der Waals surface area (Å²) in [5, 5.41) is 2.75. The third-order valence-electron chi connectivity index (χ3n) is 7.38. The van der Waals surface area contributed by atoms with Crippen LogP contribution in [0.1, 0.15) is 40.9 Å². The Morgan fingerprint density at radius 3 is 2.41 bits per heavy atom. The van der Waals surface area contributed by atoms with Gasteiger partial charge in [-0.05, 0) is 61.4 Å². The van der Waals surface area contributed by atoms with E-state index in [9.17, 15) is 28.0 Å². The Morgan fingerprint density at radius 2 is 1.71 bits per heavy atom. The molecular weight excluding hydrogens is 537 g/mol. The van der Waals surface area contributed by atoms with Gasteiger partial charge >= 0.3 is 6.03 Å². The molecule has 1 N–H and O–H groups in total. The second kappa shape index (κ2) is 11.4. The van der Waals surface area contributed by atoms with Crippen molar-refractivity contribution in [2.75, 3.05) is 25.0 Å². The van der Waals surface area contributed by atoms with Crippen LogP contribution in [0.4, 0.5) is 23.7 Å². The largest absolute Gasteiger partial charge is 0.336 e. The molecule has 0 saturated carbocycles. The number of carbonyl (C=O) groups excluding carboxylic acids is 4. The Labute approximate surface area is 234 Å². The smallest absolute Gasteiger partial charge is 0.323 e. The van der Waals surface area contributed by atoms with Crippen molar-refractivity contribution >= 4 is 29.3 Å². The van der Waals surface area contributed by atoms with Crippen LogP contribution in [0.2, 0.25) is 0 Å². The van der Waals surface area contributed by atoms with Crippen molar-refractivity contribution in [3.8, 4) is 0 Å². The van der Waals surface area contributed by atoms with Crippen molar-refractivity contribution in [3.63, 3.8) is 0 Å². The molecule has 8 nitrogen and oxygen atoms in total. The van der Waals surface area contributed by atoms with E-state index < -0.39 is 47.5 Å². The summed E-state index contributed by atoms with van der Waals surface area (Å²) in [5.41, 5.74) is 1.19. The van der Waals surface area contributed by atoms with Crippen molar-refractivity contribution in [2.24, 2.45) is 0 Å². The number of amides is 4. The summed E-state index contributed by atoms with van der Waals surface area (Å²) in [6, 6.07) is 13.5. The van der Waals surface area contributed by atoms with Crippen LogP contribution < -0.4 is 5.32 Å². The quantitative estimate of drug-likeness (QED) is 0.446. The van der Waals surface area contributed by atoms with Crippen LogP contribution >= 0.6 is 0 Å². The predicted octanol–water partition coefficient (Wildman–Crippen LogP) is 4.53. The van der Waals surface area contributed by atoms with Gasteiger partial charge in [0.25, 0.3) is 0 Å². The number of halogens is 3. The number of urea groups is 1. The van der Waals surface area contributed by atoms with Gasteiger partial charge in [0.05, 0.1) is 6.54 Å². The van der Waals surface area contributed by atoms with E-state index in [0.717, 1.165) is 11.0 Å². The molecule has 0 radical (unpaired) electrons. The monoisotopic (exact) mass is 564 g/mol. The molecule has 2 atom stereocenters. The third-order valence-corrected chi connectivity index (χ3v) is 7.38. The molecule has 0 spiro atoms. The fourth-order valence-electron chi connectivity index (χ4n) is 5.29. The van der Waals surface area contributed by atoms with Gasteiger partial charge in [0.1, 0.15) is 18.0 Å². The third kappa shape index (κ3) is 5.65. The molecule has 2 heterocycles. The van der Waals surface area contributed by atoms with Crippen LogP contribution in [0.25, 0.3) is 0 Å². The molecule has 0 bridgehead atoms.